The molecular weight excluding hydrogens is 476 g/mol. The van der Waals surface area contributed by atoms with Gasteiger partial charge >= 0.3 is 6.03 Å². The molecule has 1 aliphatic heterocycles. The van der Waals surface area contributed by atoms with E-state index in [-0.39, 0.29) is 6.03 Å². The number of aryl methyl sites for hydroxylation is 2. The van der Waals surface area contributed by atoms with Crippen LogP contribution in [-0.2, 0) is 6.42 Å². The minimum Gasteiger partial charge on any atom is -0.352 e. The first-order chi connectivity index (χ1) is 18.6. The zero-order valence-corrected chi connectivity index (χ0v) is 21.6. The first-order valence-corrected chi connectivity index (χ1v) is 13.1. The van der Waals surface area contributed by atoms with E-state index in [1.54, 1.807) is 0 Å². The minimum absolute atomic E-state index is 0.0881. The normalized spacial score (nSPS) is 13.8. The van der Waals surface area contributed by atoms with Crippen molar-refractivity contribution in [3.8, 4) is 11.3 Å². The first-order valence-electron chi connectivity index (χ1n) is 13.1. The highest BCUT2D eigenvalue weighted by molar-refractivity contribution is 6.00. The molecule has 192 valence electrons. The maximum atomic E-state index is 12.9. The lowest BCUT2D eigenvalue weighted by Gasteiger charge is -2.35. The molecule has 8 heteroatoms. The Morgan fingerprint density at radius 2 is 1.71 bits per heavy atom. The van der Waals surface area contributed by atoms with Crippen LogP contribution in [0.3, 0.4) is 0 Å². The number of benzene rings is 3. The van der Waals surface area contributed by atoms with Crippen molar-refractivity contribution in [1.82, 2.24) is 20.0 Å². The Morgan fingerprint density at radius 1 is 0.947 bits per heavy atom. The van der Waals surface area contributed by atoms with Gasteiger partial charge in [0.15, 0.2) is 0 Å². The number of hydrogen-bond donors (Lipinski definition) is 1. The quantitative estimate of drug-likeness (QED) is 0.312. The highest BCUT2D eigenvalue weighted by Gasteiger charge is 2.27. The molecule has 5 aromatic rings. The summed E-state index contributed by atoms with van der Waals surface area (Å²) in [6.07, 6.45) is 1.69. The van der Waals surface area contributed by atoms with Crippen molar-refractivity contribution in [1.29, 1.82) is 0 Å². The third-order valence-corrected chi connectivity index (χ3v) is 7.03. The van der Waals surface area contributed by atoms with Crippen molar-refractivity contribution in [2.75, 3.05) is 36.4 Å². The summed E-state index contributed by atoms with van der Waals surface area (Å²) in [6.45, 7) is 6.62. The third kappa shape index (κ3) is 4.65. The SMILES string of the molecule is CCCc1nc(N2CCN(C(=O)Nc3ccc(C)cc3)CC2)c2c(-c3ccc4ccccc4c3)noc2n1. The van der Waals surface area contributed by atoms with Gasteiger partial charge in [-0.2, -0.15) is 4.98 Å². The van der Waals surface area contributed by atoms with Gasteiger partial charge in [0.1, 0.15) is 22.7 Å². The molecule has 2 amide bonds. The Morgan fingerprint density at radius 3 is 2.47 bits per heavy atom. The molecule has 8 nitrogen and oxygen atoms in total. The van der Waals surface area contributed by atoms with Gasteiger partial charge in [0.2, 0.25) is 0 Å². The summed E-state index contributed by atoms with van der Waals surface area (Å²) in [5.41, 5.74) is 4.16. The fourth-order valence-corrected chi connectivity index (χ4v) is 4.94. The number of rotatable bonds is 5. The van der Waals surface area contributed by atoms with Gasteiger partial charge in [0, 0.05) is 43.9 Å². The van der Waals surface area contributed by atoms with E-state index in [0.29, 0.717) is 31.9 Å². The first kappa shape index (κ1) is 23.9. The number of hydrogen-bond acceptors (Lipinski definition) is 6. The molecule has 3 heterocycles. The number of fused-ring (bicyclic) bond motifs is 2. The summed E-state index contributed by atoms with van der Waals surface area (Å²) in [7, 11) is 0. The number of amides is 2. The molecule has 1 N–H and O–H groups in total. The highest BCUT2D eigenvalue weighted by atomic mass is 16.5. The second kappa shape index (κ2) is 10.1. The number of anilines is 2. The molecule has 1 fully saturated rings. The van der Waals surface area contributed by atoms with Gasteiger partial charge in [-0.05, 0) is 42.3 Å². The van der Waals surface area contributed by atoms with Crippen LogP contribution in [0.2, 0.25) is 0 Å². The molecule has 38 heavy (non-hydrogen) atoms. The monoisotopic (exact) mass is 506 g/mol. The van der Waals surface area contributed by atoms with Crippen LogP contribution in [0.15, 0.2) is 71.3 Å². The largest absolute Gasteiger partial charge is 0.352 e. The number of urea groups is 1. The summed E-state index contributed by atoms with van der Waals surface area (Å²) in [5, 5.41) is 10.6. The van der Waals surface area contributed by atoms with Crippen molar-refractivity contribution in [3.63, 3.8) is 0 Å². The predicted molar refractivity (Wildman–Crippen MR) is 151 cm³/mol. The fraction of sp³-hybridized carbons (Fsp3) is 0.267. The van der Waals surface area contributed by atoms with Gasteiger partial charge in [-0.15, -0.1) is 0 Å². The van der Waals surface area contributed by atoms with E-state index in [0.717, 1.165) is 57.8 Å². The molecule has 0 saturated carbocycles. The minimum atomic E-state index is -0.0881. The Hall–Kier alpha value is -4.46. The van der Waals surface area contributed by atoms with Crippen LogP contribution in [0.4, 0.5) is 16.3 Å². The van der Waals surface area contributed by atoms with E-state index in [2.05, 4.69) is 57.6 Å². The van der Waals surface area contributed by atoms with Gasteiger partial charge in [-0.25, -0.2) is 9.78 Å². The summed E-state index contributed by atoms with van der Waals surface area (Å²) in [5.74, 6) is 1.57. The maximum Gasteiger partial charge on any atom is 0.321 e. The van der Waals surface area contributed by atoms with Crippen molar-refractivity contribution >= 4 is 39.4 Å². The number of piperazine rings is 1. The molecule has 2 aromatic heterocycles. The molecule has 0 atom stereocenters. The Bertz CT molecular complexity index is 1600. The molecular formula is C30H30N6O2. The Kier molecular flexibility index (Phi) is 6.37. The van der Waals surface area contributed by atoms with Gasteiger partial charge in [0.25, 0.3) is 5.71 Å². The van der Waals surface area contributed by atoms with Crippen LogP contribution < -0.4 is 10.2 Å². The standard InChI is InChI=1S/C30H30N6O2/c1-3-6-25-32-28(35-15-17-36(18-16-35)30(37)31-24-13-9-20(2)10-14-24)26-27(34-38-29(26)33-25)23-12-11-21-7-4-5-8-22(21)19-23/h4-5,7-14,19H,3,6,15-18H2,1-2H3,(H,31,37). The smallest absolute Gasteiger partial charge is 0.321 e. The van der Waals surface area contributed by atoms with Crippen LogP contribution in [-0.4, -0.2) is 52.2 Å². The van der Waals surface area contributed by atoms with Crippen LogP contribution in [0.5, 0.6) is 0 Å². The number of nitrogens with zero attached hydrogens (tertiary/aromatic N) is 5. The number of nitrogens with one attached hydrogen (secondary N) is 1. The maximum absolute atomic E-state index is 12.9. The summed E-state index contributed by atoms with van der Waals surface area (Å²) in [4.78, 5) is 26.6. The average Bonchev–Trinajstić information content (AvgIpc) is 3.38. The van der Waals surface area contributed by atoms with E-state index in [1.165, 1.54) is 5.39 Å². The van der Waals surface area contributed by atoms with Crippen LogP contribution in [0, 0.1) is 6.92 Å². The Labute approximate surface area is 221 Å². The van der Waals surface area contributed by atoms with E-state index in [1.807, 2.05) is 48.2 Å². The average molecular weight is 507 g/mol. The second-order valence-electron chi connectivity index (χ2n) is 9.76. The molecule has 6 rings (SSSR count). The van der Waals surface area contributed by atoms with Crippen molar-refractivity contribution < 1.29 is 9.32 Å². The van der Waals surface area contributed by atoms with Gasteiger partial charge in [-0.3, -0.25) is 0 Å². The lowest BCUT2D eigenvalue weighted by molar-refractivity contribution is 0.208. The Balaban J connectivity index is 1.29. The summed E-state index contributed by atoms with van der Waals surface area (Å²) in [6, 6.07) is 22.3. The van der Waals surface area contributed by atoms with Crippen LogP contribution in [0.25, 0.3) is 33.1 Å². The zero-order valence-electron chi connectivity index (χ0n) is 21.6. The van der Waals surface area contributed by atoms with Crippen molar-refractivity contribution in [3.05, 3.63) is 78.1 Å². The van der Waals surface area contributed by atoms with Gasteiger partial charge in [0.05, 0.1) is 0 Å². The number of aromatic nitrogens is 3. The molecule has 1 saturated heterocycles. The molecule has 0 bridgehead atoms. The van der Waals surface area contributed by atoms with E-state index < -0.39 is 0 Å². The van der Waals surface area contributed by atoms with Crippen LogP contribution >= 0.6 is 0 Å². The summed E-state index contributed by atoms with van der Waals surface area (Å²) < 4.78 is 5.77. The molecule has 1 aliphatic rings. The molecule has 0 aliphatic carbocycles. The zero-order chi connectivity index (χ0) is 26.1. The molecule has 3 aromatic carbocycles. The van der Waals surface area contributed by atoms with Gasteiger partial charge in [-0.1, -0.05) is 66.2 Å². The second-order valence-corrected chi connectivity index (χ2v) is 9.76. The van der Waals surface area contributed by atoms with Crippen molar-refractivity contribution in [2.24, 2.45) is 0 Å². The topological polar surface area (TPSA) is 87.4 Å². The van der Waals surface area contributed by atoms with E-state index in [4.69, 9.17) is 9.51 Å². The van der Waals surface area contributed by atoms with Gasteiger partial charge < -0.3 is 19.6 Å². The van der Waals surface area contributed by atoms with Crippen LogP contribution in [0.1, 0.15) is 24.7 Å². The fourth-order valence-electron chi connectivity index (χ4n) is 4.94. The third-order valence-electron chi connectivity index (χ3n) is 7.03. The van der Waals surface area contributed by atoms with Crippen molar-refractivity contribution in [2.45, 2.75) is 26.7 Å². The number of carbonyl (C=O) groups excluding carboxylic acids is 1. The molecule has 0 unspecified atom stereocenters. The van der Waals surface area contributed by atoms with E-state index in [9.17, 15) is 4.79 Å². The lowest BCUT2D eigenvalue weighted by Crippen LogP contribution is -2.50. The highest BCUT2D eigenvalue weighted by Crippen LogP contribution is 2.35. The predicted octanol–water partition coefficient (Wildman–Crippen LogP) is 6.05. The lowest BCUT2D eigenvalue weighted by atomic mass is 10.0. The van der Waals surface area contributed by atoms with E-state index >= 15 is 0 Å². The molecule has 0 spiro atoms. The summed E-state index contributed by atoms with van der Waals surface area (Å²) >= 11 is 0. The number of carbonyl (C=O) groups is 1. The molecule has 0 radical (unpaired) electrons.